The molecule has 2 nitrogen and oxygen atoms in total. The lowest BCUT2D eigenvalue weighted by Gasteiger charge is -2.30. The Morgan fingerprint density at radius 3 is 1.61 bits per heavy atom. The van der Waals surface area contributed by atoms with Crippen LogP contribution in [0.5, 0.6) is 0 Å². The van der Waals surface area contributed by atoms with Gasteiger partial charge in [0.05, 0.1) is 22.4 Å². The van der Waals surface area contributed by atoms with Crippen LogP contribution in [0.2, 0.25) is 0 Å². The number of benzene rings is 11. The lowest BCUT2D eigenvalue weighted by Crippen LogP contribution is -2.17. The first-order valence-electron chi connectivity index (χ1n) is 26.0. The quantitative estimate of drug-likeness (QED) is 0.147. The molecule has 0 bridgehead atoms. The molecular formula is C72H54N2. The van der Waals surface area contributed by atoms with Gasteiger partial charge in [0.15, 0.2) is 0 Å². The summed E-state index contributed by atoms with van der Waals surface area (Å²) in [6, 6.07) is 94.6. The van der Waals surface area contributed by atoms with Gasteiger partial charge in [-0.05, 0) is 139 Å². The maximum Gasteiger partial charge on any atom is 0.0547 e. The standard InChI is InChI=1S/C72H54N2/c1-71(2)62-28-14-11-27-61(62)70-63(71)29-18-32-68(70)74-67-31-16-13-26-59(67)60-41-36-52(45-69(60)74)50-23-17-24-53(43-50)56-25-12-15-30-66(56)73(54-37-33-49(34-38-54)47-19-7-5-8-20-47)55-39-42-58-57-40-35-51(48-21-9-6-10-22-48)44-64(57)72(3,4)65(58)46-55/h5-46H,1-4H3. The van der Waals surface area contributed by atoms with Gasteiger partial charge in [0.25, 0.3) is 0 Å². The zero-order valence-electron chi connectivity index (χ0n) is 42.1. The highest BCUT2D eigenvalue weighted by atomic mass is 15.1. The van der Waals surface area contributed by atoms with Crippen molar-refractivity contribution >= 4 is 38.9 Å². The maximum atomic E-state index is 2.52. The Balaban J connectivity index is 0.900. The number of rotatable bonds is 8. The second-order valence-corrected chi connectivity index (χ2v) is 21.3. The first-order valence-corrected chi connectivity index (χ1v) is 26.0. The van der Waals surface area contributed by atoms with Crippen LogP contribution < -0.4 is 4.90 Å². The van der Waals surface area contributed by atoms with Gasteiger partial charge in [-0.3, -0.25) is 0 Å². The average molecular weight is 947 g/mol. The van der Waals surface area contributed by atoms with Crippen LogP contribution in [0.1, 0.15) is 49.9 Å². The second kappa shape index (κ2) is 16.8. The molecule has 0 N–H and O–H groups in total. The predicted octanol–water partition coefficient (Wildman–Crippen LogP) is 19.5. The summed E-state index contributed by atoms with van der Waals surface area (Å²) in [5, 5.41) is 2.51. The molecule has 0 saturated heterocycles. The lowest BCUT2D eigenvalue weighted by molar-refractivity contribution is 0.660. The van der Waals surface area contributed by atoms with Crippen molar-refractivity contribution < 1.29 is 0 Å². The summed E-state index contributed by atoms with van der Waals surface area (Å²) >= 11 is 0. The molecular weight excluding hydrogens is 893 g/mol. The minimum Gasteiger partial charge on any atom is -0.310 e. The molecule has 0 atom stereocenters. The van der Waals surface area contributed by atoms with E-state index in [0.29, 0.717) is 0 Å². The Morgan fingerprint density at radius 2 is 0.811 bits per heavy atom. The molecule has 0 aliphatic heterocycles. The number of nitrogens with zero attached hydrogens (tertiary/aromatic N) is 2. The Morgan fingerprint density at radius 1 is 0.297 bits per heavy atom. The number of anilines is 3. The molecule has 2 aliphatic carbocycles. The zero-order chi connectivity index (χ0) is 49.7. The van der Waals surface area contributed by atoms with Crippen molar-refractivity contribution in [3.8, 4) is 72.4 Å². The van der Waals surface area contributed by atoms with Gasteiger partial charge in [0.2, 0.25) is 0 Å². The summed E-state index contributed by atoms with van der Waals surface area (Å²) in [5.74, 6) is 0. The van der Waals surface area contributed by atoms with Gasteiger partial charge >= 0.3 is 0 Å². The SMILES string of the molecule is CC1(C)c2cc(-c3ccccc3)ccc2-c2ccc(N(c3ccc(-c4ccccc4)cc3)c3ccccc3-c3cccc(-c4ccc5c6ccccc6n(-c6cccc7c6-c6ccccc6C7(C)C)c5c4)c3)cc21. The Bertz CT molecular complexity index is 4170. The van der Waals surface area contributed by atoms with Crippen LogP contribution in [0.3, 0.4) is 0 Å². The lowest BCUT2D eigenvalue weighted by atomic mass is 9.81. The third-order valence-electron chi connectivity index (χ3n) is 16.4. The predicted molar refractivity (Wildman–Crippen MR) is 312 cm³/mol. The fourth-order valence-corrected chi connectivity index (χ4v) is 12.6. The minimum atomic E-state index is -0.212. The summed E-state index contributed by atoms with van der Waals surface area (Å²) in [4.78, 5) is 2.47. The van der Waals surface area contributed by atoms with E-state index < -0.39 is 0 Å². The van der Waals surface area contributed by atoms with Crippen molar-refractivity contribution in [2.45, 2.75) is 38.5 Å². The largest absolute Gasteiger partial charge is 0.310 e. The molecule has 0 unspecified atom stereocenters. The summed E-state index contributed by atoms with van der Waals surface area (Å²) in [7, 11) is 0. The van der Waals surface area contributed by atoms with E-state index in [1.165, 1.54) is 105 Å². The molecule has 2 aliphatic rings. The fraction of sp³-hybridized carbons (Fsp3) is 0.0833. The van der Waals surface area contributed by atoms with Crippen molar-refractivity contribution in [1.82, 2.24) is 4.57 Å². The van der Waals surface area contributed by atoms with Crippen molar-refractivity contribution in [2.24, 2.45) is 0 Å². The smallest absolute Gasteiger partial charge is 0.0547 e. The van der Waals surface area contributed by atoms with Crippen LogP contribution in [0, 0.1) is 0 Å². The molecule has 1 heterocycles. The first kappa shape index (κ1) is 43.8. The summed E-state index contributed by atoms with van der Waals surface area (Å²) in [6.07, 6.45) is 0. The third kappa shape index (κ3) is 6.78. The van der Waals surface area contributed by atoms with Crippen molar-refractivity contribution in [3.63, 3.8) is 0 Å². The summed E-state index contributed by atoms with van der Waals surface area (Å²) in [5.41, 5.74) is 26.9. The number of hydrogen-bond acceptors (Lipinski definition) is 1. The molecule has 0 radical (unpaired) electrons. The van der Waals surface area contributed by atoms with Gasteiger partial charge in [-0.15, -0.1) is 0 Å². The molecule has 2 heteroatoms. The number of aromatic nitrogens is 1. The molecule has 0 saturated carbocycles. The van der Waals surface area contributed by atoms with Crippen molar-refractivity contribution in [3.05, 3.63) is 277 Å². The molecule has 14 rings (SSSR count). The Labute approximate surface area is 434 Å². The highest BCUT2D eigenvalue weighted by Gasteiger charge is 2.38. The second-order valence-electron chi connectivity index (χ2n) is 21.3. The van der Waals surface area contributed by atoms with E-state index in [1.54, 1.807) is 0 Å². The molecule has 0 fully saturated rings. The summed E-state index contributed by atoms with van der Waals surface area (Å²) in [6.45, 7) is 9.50. The van der Waals surface area contributed by atoms with Gasteiger partial charge in [0.1, 0.15) is 0 Å². The van der Waals surface area contributed by atoms with Crippen LogP contribution >= 0.6 is 0 Å². The van der Waals surface area contributed by atoms with E-state index in [-0.39, 0.29) is 10.8 Å². The molecule has 12 aromatic rings. The average Bonchev–Trinajstić information content (AvgIpc) is 4.00. The van der Waals surface area contributed by atoms with Gasteiger partial charge in [0, 0.05) is 44.1 Å². The number of para-hydroxylation sites is 2. The summed E-state index contributed by atoms with van der Waals surface area (Å²) < 4.78 is 2.52. The highest BCUT2D eigenvalue weighted by Crippen LogP contribution is 2.54. The van der Waals surface area contributed by atoms with E-state index in [2.05, 4.69) is 292 Å². The topological polar surface area (TPSA) is 8.17 Å². The zero-order valence-corrected chi connectivity index (χ0v) is 42.1. The minimum absolute atomic E-state index is 0.0973. The Kier molecular flexibility index (Phi) is 9.94. The fourth-order valence-electron chi connectivity index (χ4n) is 12.6. The van der Waals surface area contributed by atoms with Crippen LogP contribution in [-0.4, -0.2) is 4.57 Å². The Hall–Kier alpha value is -8.98. The van der Waals surface area contributed by atoms with E-state index in [4.69, 9.17) is 0 Å². The van der Waals surface area contributed by atoms with Gasteiger partial charge in [-0.2, -0.15) is 0 Å². The normalized spacial score (nSPS) is 13.6. The molecule has 1 aromatic heterocycles. The van der Waals surface area contributed by atoms with Crippen molar-refractivity contribution in [2.75, 3.05) is 4.90 Å². The maximum absolute atomic E-state index is 2.52. The van der Waals surface area contributed by atoms with E-state index >= 15 is 0 Å². The third-order valence-corrected chi connectivity index (χ3v) is 16.4. The molecule has 74 heavy (non-hydrogen) atoms. The van der Waals surface area contributed by atoms with Gasteiger partial charge in [-0.25, -0.2) is 0 Å². The van der Waals surface area contributed by atoms with E-state index in [9.17, 15) is 0 Å². The van der Waals surface area contributed by atoms with Crippen molar-refractivity contribution in [1.29, 1.82) is 0 Å². The van der Waals surface area contributed by atoms with Gasteiger partial charge < -0.3 is 9.47 Å². The monoisotopic (exact) mass is 946 g/mol. The number of hydrogen-bond donors (Lipinski definition) is 0. The molecule has 0 amide bonds. The first-order chi connectivity index (χ1) is 36.2. The highest BCUT2D eigenvalue weighted by molar-refractivity contribution is 6.11. The van der Waals surface area contributed by atoms with Crippen LogP contribution in [0.25, 0.3) is 94.3 Å². The van der Waals surface area contributed by atoms with Crippen LogP contribution in [-0.2, 0) is 10.8 Å². The molecule has 352 valence electrons. The molecule has 0 spiro atoms. The number of fused-ring (bicyclic) bond motifs is 9. The van der Waals surface area contributed by atoms with Crippen LogP contribution in [0.4, 0.5) is 17.1 Å². The van der Waals surface area contributed by atoms with E-state index in [0.717, 1.165) is 28.2 Å². The van der Waals surface area contributed by atoms with Gasteiger partial charge in [-0.1, -0.05) is 222 Å². The van der Waals surface area contributed by atoms with Crippen LogP contribution in [0.15, 0.2) is 255 Å². The van der Waals surface area contributed by atoms with E-state index in [1.807, 2.05) is 0 Å². The molecule has 11 aromatic carbocycles.